The number of alkyl halides is 3. The number of anilines is 1. The summed E-state index contributed by atoms with van der Waals surface area (Å²) in [4.78, 5) is 28.2. The van der Waals surface area contributed by atoms with E-state index in [0.717, 1.165) is 45.5 Å². The molecule has 0 radical (unpaired) electrons. The fraction of sp³-hybridized carbons (Fsp3) is 0.333. The van der Waals surface area contributed by atoms with Gasteiger partial charge in [0.15, 0.2) is 0 Å². The van der Waals surface area contributed by atoms with E-state index < -0.39 is 27.8 Å². The summed E-state index contributed by atoms with van der Waals surface area (Å²) in [6.07, 6.45) is -3.57. The third-order valence-electron chi connectivity index (χ3n) is 6.60. The number of carbonyl (C=O) groups is 2. The first kappa shape index (κ1) is 31.7. The molecular weight excluding hydrogens is 555 g/mol. The average Bonchev–Trinajstić information content (AvgIpc) is 2.93. The van der Waals surface area contributed by atoms with Gasteiger partial charge < -0.3 is 10.2 Å². The molecule has 0 fully saturated rings. The zero-order chi connectivity index (χ0) is 30.2. The molecule has 0 saturated carbocycles. The lowest BCUT2D eigenvalue weighted by Crippen LogP contribution is -2.49. The average molecular weight is 590 g/mol. The standard InChI is InChI=1S/C30H34F3N3O4S/c1-22-14-16-24(17-15-22)21-35(27(29(38)34-2)19-23-9-5-4-6-10-23)28(37)13-8-18-36(41(3,39)40)26-12-7-11-25(20-26)30(31,32)33/h4-7,9-12,14-17,20,27H,8,13,18-19,21H2,1-3H3,(H,34,38)/t27-/m0/s1. The molecule has 3 aromatic carbocycles. The zero-order valence-corrected chi connectivity index (χ0v) is 24.0. The van der Waals surface area contributed by atoms with Gasteiger partial charge in [0.2, 0.25) is 21.8 Å². The van der Waals surface area contributed by atoms with Gasteiger partial charge in [-0.25, -0.2) is 8.42 Å². The van der Waals surface area contributed by atoms with Crippen LogP contribution in [0.2, 0.25) is 0 Å². The number of amides is 2. The number of likely N-dealkylation sites (N-methyl/N-ethyl adjacent to an activating group) is 1. The number of hydrogen-bond donors (Lipinski definition) is 1. The molecule has 11 heteroatoms. The maximum Gasteiger partial charge on any atom is 0.416 e. The van der Waals surface area contributed by atoms with Crippen LogP contribution in [0.15, 0.2) is 78.9 Å². The van der Waals surface area contributed by atoms with Gasteiger partial charge in [0.05, 0.1) is 17.5 Å². The van der Waals surface area contributed by atoms with E-state index in [0.29, 0.717) is 0 Å². The van der Waals surface area contributed by atoms with E-state index in [1.54, 1.807) is 0 Å². The number of rotatable bonds is 12. The number of carbonyl (C=O) groups excluding carboxylic acids is 2. The summed E-state index contributed by atoms with van der Waals surface area (Å²) < 4.78 is 65.6. The van der Waals surface area contributed by atoms with Crippen LogP contribution >= 0.6 is 0 Å². The molecule has 0 heterocycles. The normalized spacial score (nSPS) is 12.4. The minimum atomic E-state index is -4.64. The molecule has 0 aliphatic heterocycles. The first-order valence-electron chi connectivity index (χ1n) is 13.0. The van der Waals surface area contributed by atoms with E-state index in [1.165, 1.54) is 18.0 Å². The van der Waals surface area contributed by atoms with Gasteiger partial charge in [0.25, 0.3) is 0 Å². The number of sulfonamides is 1. The molecule has 1 atom stereocenters. The van der Waals surface area contributed by atoms with E-state index in [1.807, 2.05) is 61.5 Å². The molecule has 3 rings (SSSR count). The molecule has 0 aromatic heterocycles. The molecule has 2 amide bonds. The first-order chi connectivity index (χ1) is 19.3. The highest BCUT2D eigenvalue weighted by molar-refractivity contribution is 7.92. The fourth-order valence-electron chi connectivity index (χ4n) is 4.45. The highest BCUT2D eigenvalue weighted by Crippen LogP contribution is 2.32. The van der Waals surface area contributed by atoms with E-state index in [4.69, 9.17) is 0 Å². The summed E-state index contributed by atoms with van der Waals surface area (Å²) in [7, 11) is -2.45. The van der Waals surface area contributed by atoms with Crippen molar-refractivity contribution in [1.29, 1.82) is 0 Å². The van der Waals surface area contributed by atoms with Gasteiger partial charge in [-0.3, -0.25) is 13.9 Å². The summed E-state index contributed by atoms with van der Waals surface area (Å²) >= 11 is 0. The monoisotopic (exact) mass is 589 g/mol. The first-order valence-corrected chi connectivity index (χ1v) is 14.9. The van der Waals surface area contributed by atoms with E-state index in [2.05, 4.69) is 5.32 Å². The van der Waals surface area contributed by atoms with Crippen molar-refractivity contribution in [1.82, 2.24) is 10.2 Å². The van der Waals surface area contributed by atoms with Crippen molar-refractivity contribution in [3.63, 3.8) is 0 Å². The highest BCUT2D eigenvalue weighted by Gasteiger charge is 2.32. The molecule has 7 nitrogen and oxygen atoms in total. The number of nitrogens with zero attached hydrogens (tertiary/aromatic N) is 2. The van der Waals surface area contributed by atoms with Crippen LogP contribution in [0.25, 0.3) is 0 Å². The SMILES string of the molecule is CNC(=O)[C@H](Cc1ccccc1)N(Cc1ccc(C)cc1)C(=O)CCCN(c1cccc(C(F)(F)F)c1)S(C)(=O)=O. The Morgan fingerprint density at radius 2 is 1.59 bits per heavy atom. The molecule has 220 valence electrons. The molecular formula is C30H34F3N3O4S. The van der Waals surface area contributed by atoms with E-state index in [-0.39, 0.29) is 49.9 Å². The molecule has 0 spiro atoms. The Bertz CT molecular complexity index is 1430. The van der Waals surface area contributed by atoms with Crippen molar-refractivity contribution in [2.24, 2.45) is 0 Å². The number of nitrogens with one attached hydrogen (secondary N) is 1. The lowest BCUT2D eigenvalue weighted by Gasteiger charge is -2.31. The number of halogens is 3. The Hall–Kier alpha value is -3.86. The van der Waals surface area contributed by atoms with E-state index in [9.17, 15) is 31.2 Å². The van der Waals surface area contributed by atoms with E-state index >= 15 is 0 Å². The van der Waals surface area contributed by atoms with Crippen molar-refractivity contribution in [2.45, 2.75) is 44.9 Å². The quantitative estimate of drug-likeness (QED) is 0.324. The summed E-state index contributed by atoms with van der Waals surface area (Å²) in [6, 6.07) is 20.0. The highest BCUT2D eigenvalue weighted by atomic mass is 32.2. The second-order valence-electron chi connectivity index (χ2n) is 9.81. The van der Waals surface area contributed by atoms with Gasteiger partial charge in [-0.2, -0.15) is 13.2 Å². The largest absolute Gasteiger partial charge is 0.416 e. The van der Waals surface area contributed by atoms with Crippen LogP contribution < -0.4 is 9.62 Å². The smallest absolute Gasteiger partial charge is 0.357 e. The fourth-order valence-corrected chi connectivity index (χ4v) is 5.41. The van der Waals surface area contributed by atoms with Crippen LogP contribution in [0.3, 0.4) is 0 Å². The van der Waals surface area contributed by atoms with Crippen LogP contribution in [-0.4, -0.2) is 51.0 Å². The van der Waals surface area contributed by atoms with Crippen LogP contribution in [0, 0.1) is 6.92 Å². The summed E-state index contributed by atoms with van der Waals surface area (Å²) in [6.45, 7) is 1.87. The Labute approximate surface area is 239 Å². The van der Waals surface area contributed by atoms with Gasteiger partial charge in [-0.1, -0.05) is 66.2 Å². The Morgan fingerprint density at radius 1 is 0.927 bits per heavy atom. The second kappa shape index (κ2) is 13.7. The van der Waals surface area contributed by atoms with Gasteiger partial charge in [-0.05, 0) is 42.7 Å². The zero-order valence-electron chi connectivity index (χ0n) is 23.2. The summed E-state index contributed by atoms with van der Waals surface area (Å²) in [5, 5.41) is 2.64. The van der Waals surface area contributed by atoms with Crippen molar-refractivity contribution in [3.05, 3.63) is 101 Å². The Kier molecular flexibility index (Phi) is 10.6. The van der Waals surface area contributed by atoms with Gasteiger partial charge in [0, 0.05) is 33.0 Å². The van der Waals surface area contributed by atoms with Gasteiger partial charge in [-0.15, -0.1) is 0 Å². The van der Waals surface area contributed by atoms with Gasteiger partial charge >= 0.3 is 6.18 Å². The predicted molar refractivity (Wildman–Crippen MR) is 153 cm³/mol. The topological polar surface area (TPSA) is 86.8 Å². The van der Waals surface area contributed by atoms with Crippen molar-refractivity contribution >= 4 is 27.5 Å². The lowest BCUT2D eigenvalue weighted by atomic mass is 10.0. The lowest BCUT2D eigenvalue weighted by molar-refractivity contribution is -0.141. The number of aryl methyl sites for hydroxylation is 1. The van der Waals surface area contributed by atoms with Crippen molar-refractivity contribution in [2.75, 3.05) is 24.2 Å². The maximum atomic E-state index is 13.6. The minimum Gasteiger partial charge on any atom is -0.357 e. The summed E-state index contributed by atoms with van der Waals surface area (Å²) in [5.41, 5.74) is 1.59. The molecule has 0 aliphatic rings. The molecule has 3 aromatic rings. The molecule has 0 aliphatic carbocycles. The number of hydrogen-bond acceptors (Lipinski definition) is 4. The van der Waals surface area contributed by atoms with Crippen LogP contribution in [0.4, 0.5) is 18.9 Å². The second-order valence-corrected chi connectivity index (χ2v) is 11.7. The molecule has 0 bridgehead atoms. The summed E-state index contributed by atoms with van der Waals surface area (Å²) in [5.74, 6) is -0.733. The number of benzene rings is 3. The molecule has 1 N–H and O–H groups in total. The van der Waals surface area contributed by atoms with Gasteiger partial charge in [0.1, 0.15) is 6.04 Å². The van der Waals surface area contributed by atoms with Crippen molar-refractivity contribution in [3.8, 4) is 0 Å². The third-order valence-corrected chi connectivity index (χ3v) is 7.80. The molecule has 0 saturated heterocycles. The molecule has 0 unspecified atom stereocenters. The third kappa shape index (κ3) is 9.07. The van der Waals surface area contributed by atoms with Crippen LogP contribution in [0.1, 0.15) is 35.1 Å². The molecule has 41 heavy (non-hydrogen) atoms. The van der Waals surface area contributed by atoms with Crippen LogP contribution in [-0.2, 0) is 38.8 Å². The Balaban J connectivity index is 1.85. The Morgan fingerprint density at radius 3 is 2.17 bits per heavy atom. The minimum absolute atomic E-state index is 0.0261. The predicted octanol–water partition coefficient (Wildman–Crippen LogP) is 4.95. The maximum absolute atomic E-state index is 13.6. The van der Waals surface area contributed by atoms with Crippen molar-refractivity contribution < 1.29 is 31.2 Å². The van der Waals surface area contributed by atoms with Crippen LogP contribution in [0.5, 0.6) is 0 Å².